The Balaban J connectivity index is 2.21. The van der Waals surface area contributed by atoms with Crippen LogP contribution in [-0.2, 0) is 6.42 Å². The van der Waals surface area contributed by atoms with Crippen LogP contribution in [-0.4, -0.2) is 9.97 Å². The predicted molar refractivity (Wildman–Crippen MR) is 69.9 cm³/mol. The molecule has 0 saturated carbocycles. The standard InChI is InChI=1S/C12H13BrN4/c13-10-5-3-7-16-12(10)11(17-14)8-9-4-1-2-6-15-9/h1-7,11,17H,8,14H2. The molecule has 2 rings (SSSR count). The van der Waals surface area contributed by atoms with Gasteiger partial charge in [0.05, 0.1) is 11.7 Å². The van der Waals surface area contributed by atoms with E-state index in [1.165, 1.54) is 0 Å². The molecule has 4 nitrogen and oxygen atoms in total. The maximum atomic E-state index is 5.58. The maximum Gasteiger partial charge on any atom is 0.0732 e. The van der Waals surface area contributed by atoms with E-state index in [4.69, 9.17) is 5.84 Å². The molecule has 0 aliphatic heterocycles. The van der Waals surface area contributed by atoms with Crippen LogP contribution in [0.25, 0.3) is 0 Å². The van der Waals surface area contributed by atoms with Crippen molar-refractivity contribution in [2.24, 2.45) is 5.84 Å². The second-order valence-electron chi connectivity index (χ2n) is 3.61. The molecule has 1 atom stereocenters. The van der Waals surface area contributed by atoms with E-state index in [0.29, 0.717) is 6.42 Å². The highest BCUT2D eigenvalue weighted by Crippen LogP contribution is 2.22. The summed E-state index contributed by atoms with van der Waals surface area (Å²) < 4.78 is 0.943. The Morgan fingerprint density at radius 1 is 1.18 bits per heavy atom. The van der Waals surface area contributed by atoms with Gasteiger partial charge >= 0.3 is 0 Å². The highest BCUT2D eigenvalue weighted by molar-refractivity contribution is 9.10. The summed E-state index contributed by atoms with van der Waals surface area (Å²) in [5, 5.41) is 0. The van der Waals surface area contributed by atoms with Crippen molar-refractivity contribution >= 4 is 15.9 Å². The van der Waals surface area contributed by atoms with Gasteiger partial charge in [0.2, 0.25) is 0 Å². The van der Waals surface area contributed by atoms with Crippen molar-refractivity contribution in [2.45, 2.75) is 12.5 Å². The number of aromatic nitrogens is 2. The molecule has 0 bridgehead atoms. The first-order valence-corrected chi connectivity index (χ1v) is 6.07. The van der Waals surface area contributed by atoms with Gasteiger partial charge < -0.3 is 0 Å². The van der Waals surface area contributed by atoms with E-state index in [0.717, 1.165) is 15.9 Å². The lowest BCUT2D eigenvalue weighted by atomic mass is 10.1. The summed E-state index contributed by atoms with van der Waals surface area (Å²) in [5.41, 5.74) is 4.64. The Kier molecular flexibility index (Phi) is 4.19. The van der Waals surface area contributed by atoms with Crippen LogP contribution in [0.4, 0.5) is 0 Å². The lowest BCUT2D eigenvalue weighted by molar-refractivity contribution is 0.530. The molecule has 17 heavy (non-hydrogen) atoms. The van der Waals surface area contributed by atoms with E-state index >= 15 is 0 Å². The monoisotopic (exact) mass is 292 g/mol. The van der Waals surface area contributed by atoms with Crippen molar-refractivity contribution in [3.8, 4) is 0 Å². The fourth-order valence-electron chi connectivity index (χ4n) is 1.62. The largest absolute Gasteiger partial charge is 0.271 e. The van der Waals surface area contributed by atoms with Gasteiger partial charge in [0.15, 0.2) is 0 Å². The minimum absolute atomic E-state index is 0.0551. The van der Waals surface area contributed by atoms with Crippen LogP contribution in [0, 0.1) is 0 Å². The third-order valence-corrected chi connectivity index (χ3v) is 3.13. The summed E-state index contributed by atoms with van der Waals surface area (Å²) in [6, 6.07) is 9.60. The van der Waals surface area contributed by atoms with Crippen molar-refractivity contribution in [1.29, 1.82) is 0 Å². The van der Waals surface area contributed by atoms with Crippen molar-refractivity contribution in [3.05, 3.63) is 58.6 Å². The maximum absolute atomic E-state index is 5.58. The first-order chi connectivity index (χ1) is 8.31. The zero-order valence-electron chi connectivity index (χ0n) is 9.18. The van der Waals surface area contributed by atoms with Crippen LogP contribution < -0.4 is 11.3 Å². The summed E-state index contributed by atoms with van der Waals surface area (Å²) >= 11 is 3.47. The van der Waals surface area contributed by atoms with Gasteiger partial charge in [-0.1, -0.05) is 6.07 Å². The summed E-state index contributed by atoms with van der Waals surface area (Å²) in [6.45, 7) is 0. The number of pyridine rings is 2. The number of nitrogens with one attached hydrogen (secondary N) is 1. The summed E-state index contributed by atoms with van der Waals surface area (Å²) in [7, 11) is 0. The van der Waals surface area contributed by atoms with Crippen molar-refractivity contribution in [3.63, 3.8) is 0 Å². The van der Waals surface area contributed by atoms with Crippen LogP contribution >= 0.6 is 15.9 Å². The molecule has 2 aromatic rings. The Morgan fingerprint density at radius 3 is 2.65 bits per heavy atom. The summed E-state index contributed by atoms with van der Waals surface area (Å²) in [5.74, 6) is 5.58. The Bertz CT molecular complexity index is 475. The summed E-state index contributed by atoms with van der Waals surface area (Å²) in [6.07, 6.45) is 4.23. The third-order valence-electron chi connectivity index (χ3n) is 2.46. The molecule has 5 heteroatoms. The average Bonchev–Trinajstić information content (AvgIpc) is 2.38. The second kappa shape index (κ2) is 5.86. The van der Waals surface area contributed by atoms with Crippen LogP contribution in [0.2, 0.25) is 0 Å². The van der Waals surface area contributed by atoms with Gasteiger partial charge in [-0.15, -0.1) is 0 Å². The van der Waals surface area contributed by atoms with Crippen LogP contribution in [0.3, 0.4) is 0 Å². The molecule has 0 radical (unpaired) electrons. The number of nitrogens with two attached hydrogens (primary N) is 1. The number of hydrazine groups is 1. The molecular formula is C12H13BrN4. The van der Waals surface area contributed by atoms with Gasteiger partial charge in [0, 0.05) is 29.0 Å². The molecule has 0 fully saturated rings. The average molecular weight is 293 g/mol. The first-order valence-electron chi connectivity index (χ1n) is 5.27. The summed E-state index contributed by atoms with van der Waals surface area (Å²) in [4.78, 5) is 8.61. The topological polar surface area (TPSA) is 63.8 Å². The molecule has 0 aromatic carbocycles. The molecule has 0 aliphatic carbocycles. The molecule has 0 spiro atoms. The van der Waals surface area contributed by atoms with Gasteiger partial charge in [-0.25, -0.2) is 0 Å². The van der Waals surface area contributed by atoms with Gasteiger partial charge in [-0.05, 0) is 40.2 Å². The lowest BCUT2D eigenvalue weighted by Crippen LogP contribution is -2.30. The zero-order chi connectivity index (χ0) is 12.1. The second-order valence-corrected chi connectivity index (χ2v) is 4.47. The van der Waals surface area contributed by atoms with E-state index in [1.54, 1.807) is 12.4 Å². The molecule has 88 valence electrons. The first kappa shape index (κ1) is 12.2. The van der Waals surface area contributed by atoms with E-state index in [1.807, 2.05) is 30.3 Å². The van der Waals surface area contributed by atoms with Gasteiger partial charge in [-0.2, -0.15) is 0 Å². The molecule has 0 aliphatic rings. The quantitative estimate of drug-likeness (QED) is 0.668. The molecule has 2 heterocycles. The molecule has 0 saturated heterocycles. The van der Waals surface area contributed by atoms with E-state index in [2.05, 4.69) is 31.3 Å². The minimum atomic E-state index is -0.0551. The van der Waals surface area contributed by atoms with Gasteiger partial charge in [-0.3, -0.25) is 21.2 Å². The smallest absolute Gasteiger partial charge is 0.0732 e. The predicted octanol–water partition coefficient (Wildman–Crippen LogP) is 1.99. The highest BCUT2D eigenvalue weighted by atomic mass is 79.9. The molecule has 0 amide bonds. The van der Waals surface area contributed by atoms with E-state index in [9.17, 15) is 0 Å². The van der Waals surface area contributed by atoms with E-state index < -0.39 is 0 Å². The molecule has 1 unspecified atom stereocenters. The fraction of sp³-hybridized carbons (Fsp3) is 0.167. The minimum Gasteiger partial charge on any atom is -0.271 e. The van der Waals surface area contributed by atoms with Crippen molar-refractivity contribution in [2.75, 3.05) is 0 Å². The molecule has 3 N–H and O–H groups in total. The number of rotatable bonds is 4. The highest BCUT2D eigenvalue weighted by Gasteiger charge is 2.15. The fourth-order valence-corrected chi connectivity index (χ4v) is 2.15. The van der Waals surface area contributed by atoms with Crippen molar-refractivity contribution in [1.82, 2.24) is 15.4 Å². The van der Waals surface area contributed by atoms with Crippen molar-refractivity contribution < 1.29 is 0 Å². The van der Waals surface area contributed by atoms with Crippen LogP contribution in [0.15, 0.2) is 47.2 Å². The van der Waals surface area contributed by atoms with Gasteiger partial charge in [0.1, 0.15) is 0 Å². The van der Waals surface area contributed by atoms with Crippen LogP contribution in [0.5, 0.6) is 0 Å². The number of nitrogens with zero attached hydrogens (tertiary/aromatic N) is 2. The Morgan fingerprint density at radius 2 is 2.00 bits per heavy atom. The molecule has 2 aromatic heterocycles. The van der Waals surface area contributed by atoms with E-state index in [-0.39, 0.29) is 6.04 Å². The molecular weight excluding hydrogens is 280 g/mol. The number of hydrogen-bond donors (Lipinski definition) is 2. The normalized spacial score (nSPS) is 12.4. The lowest BCUT2D eigenvalue weighted by Gasteiger charge is -2.16. The number of hydrogen-bond acceptors (Lipinski definition) is 4. The Hall–Kier alpha value is -1.30. The number of halogens is 1. The third kappa shape index (κ3) is 3.09. The van der Waals surface area contributed by atoms with Crippen LogP contribution in [0.1, 0.15) is 17.4 Å². The Labute approximate surface area is 108 Å². The zero-order valence-corrected chi connectivity index (χ0v) is 10.8. The van der Waals surface area contributed by atoms with Gasteiger partial charge in [0.25, 0.3) is 0 Å². The SMILES string of the molecule is NNC(Cc1ccccn1)c1ncccc1Br.